The van der Waals surface area contributed by atoms with E-state index in [1.807, 2.05) is 45.3 Å². The number of rotatable bonds is 6. The average molecular weight is 329 g/mol. The highest BCUT2D eigenvalue weighted by atomic mass is 16.5. The van der Waals surface area contributed by atoms with Crippen LogP contribution in [0.25, 0.3) is 10.9 Å². The van der Waals surface area contributed by atoms with E-state index >= 15 is 0 Å². The zero-order chi connectivity index (χ0) is 17.9. The Balaban J connectivity index is 2.19. The third-order valence-electron chi connectivity index (χ3n) is 3.93. The van der Waals surface area contributed by atoms with Crippen molar-refractivity contribution in [1.29, 1.82) is 0 Å². The van der Waals surface area contributed by atoms with E-state index in [4.69, 9.17) is 4.74 Å². The van der Waals surface area contributed by atoms with Gasteiger partial charge in [-0.1, -0.05) is 13.8 Å². The maximum absolute atomic E-state index is 12.6. The molecule has 0 bridgehead atoms. The van der Waals surface area contributed by atoms with Gasteiger partial charge in [0, 0.05) is 24.5 Å². The number of aryl methyl sites for hydroxylation is 1. The fourth-order valence-corrected chi connectivity index (χ4v) is 2.93. The van der Waals surface area contributed by atoms with Crippen LogP contribution in [0.1, 0.15) is 29.9 Å². The molecule has 5 nitrogen and oxygen atoms in total. The van der Waals surface area contributed by atoms with Gasteiger partial charge in [0.25, 0.3) is 5.91 Å². The van der Waals surface area contributed by atoms with Crippen molar-refractivity contribution in [3.63, 3.8) is 0 Å². The number of pyridine rings is 1. The highest BCUT2D eigenvalue weighted by molar-refractivity contribution is 5.98. The van der Waals surface area contributed by atoms with Crippen molar-refractivity contribution in [1.82, 2.24) is 15.2 Å². The minimum atomic E-state index is -0.0791. The number of fused-ring (bicyclic) bond motifs is 1. The third-order valence-corrected chi connectivity index (χ3v) is 3.93. The van der Waals surface area contributed by atoms with Crippen molar-refractivity contribution in [2.45, 2.75) is 20.8 Å². The molecule has 0 aliphatic rings. The lowest BCUT2D eigenvalue weighted by Crippen LogP contribution is -2.40. The molecule has 0 aliphatic carbocycles. The van der Waals surface area contributed by atoms with Crippen molar-refractivity contribution in [3.8, 4) is 5.75 Å². The van der Waals surface area contributed by atoms with Gasteiger partial charge < -0.3 is 15.0 Å². The molecule has 1 aromatic carbocycles. The molecule has 0 radical (unpaired) electrons. The SMILES string of the molecule is COc1ccc2cc(C(=O)NCC(C)(C)CN(C)C)c(C)nc2c1. The highest BCUT2D eigenvalue weighted by Crippen LogP contribution is 2.22. The summed E-state index contributed by atoms with van der Waals surface area (Å²) in [5, 5.41) is 3.97. The Labute approximate surface area is 144 Å². The van der Waals surface area contributed by atoms with Gasteiger partial charge in [-0.3, -0.25) is 9.78 Å². The van der Waals surface area contributed by atoms with Gasteiger partial charge in [-0.2, -0.15) is 0 Å². The first-order chi connectivity index (χ1) is 11.2. The van der Waals surface area contributed by atoms with E-state index in [0.717, 1.165) is 28.9 Å². The minimum absolute atomic E-state index is 0.00467. The Bertz CT molecular complexity index is 739. The number of methoxy groups -OCH3 is 1. The second kappa shape index (κ2) is 7.18. The van der Waals surface area contributed by atoms with Crippen molar-refractivity contribution < 1.29 is 9.53 Å². The molecule has 1 N–H and O–H groups in total. The average Bonchev–Trinajstić information content (AvgIpc) is 2.50. The molecule has 5 heteroatoms. The molecule has 1 amide bonds. The zero-order valence-corrected chi connectivity index (χ0v) is 15.4. The molecule has 24 heavy (non-hydrogen) atoms. The van der Waals surface area contributed by atoms with Gasteiger partial charge in [-0.25, -0.2) is 0 Å². The standard InChI is InChI=1S/C19H27N3O2/c1-13-16(18(23)20-11-19(2,3)12-22(4)5)9-14-7-8-15(24-6)10-17(14)21-13/h7-10H,11-12H2,1-6H3,(H,20,23). The Morgan fingerprint density at radius 1 is 1.29 bits per heavy atom. The molecule has 2 rings (SSSR count). The van der Waals surface area contributed by atoms with E-state index in [9.17, 15) is 4.79 Å². The summed E-state index contributed by atoms with van der Waals surface area (Å²) in [6.45, 7) is 7.67. The van der Waals surface area contributed by atoms with E-state index < -0.39 is 0 Å². The van der Waals surface area contributed by atoms with Crippen LogP contribution in [-0.4, -0.2) is 50.1 Å². The molecule has 0 saturated carbocycles. The molecule has 130 valence electrons. The minimum Gasteiger partial charge on any atom is -0.497 e. The lowest BCUT2D eigenvalue weighted by atomic mass is 9.93. The summed E-state index contributed by atoms with van der Waals surface area (Å²) in [4.78, 5) is 19.3. The van der Waals surface area contributed by atoms with Crippen molar-refractivity contribution >= 4 is 16.8 Å². The van der Waals surface area contributed by atoms with Crippen molar-refractivity contribution in [3.05, 3.63) is 35.5 Å². The second-order valence-corrected chi connectivity index (χ2v) is 7.26. The van der Waals surface area contributed by atoms with Crippen LogP contribution in [0.3, 0.4) is 0 Å². The number of nitrogens with one attached hydrogen (secondary N) is 1. The molecular weight excluding hydrogens is 302 g/mol. The summed E-state index contributed by atoms with van der Waals surface area (Å²) >= 11 is 0. The molecular formula is C19H27N3O2. The molecule has 0 saturated heterocycles. The predicted molar refractivity (Wildman–Crippen MR) is 97.7 cm³/mol. The van der Waals surface area contributed by atoms with Gasteiger partial charge in [0.05, 0.1) is 23.9 Å². The second-order valence-electron chi connectivity index (χ2n) is 7.26. The number of nitrogens with zero attached hydrogens (tertiary/aromatic N) is 2. The van der Waals surface area contributed by atoms with E-state index in [2.05, 4.69) is 29.0 Å². The number of benzene rings is 1. The van der Waals surface area contributed by atoms with Gasteiger partial charge >= 0.3 is 0 Å². The van der Waals surface area contributed by atoms with Crippen LogP contribution >= 0.6 is 0 Å². The lowest BCUT2D eigenvalue weighted by molar-refractivity contribution is 0.0928. The number of hydrogen-bond donors (Lipinski definition) is 1. The van der Waals surface area contributed by atoms with E-state index in [-0.39, 0.29) is 11.3 Å². The molecule has 0 aliphatic heterocycles. The number of hydrogen-bond acceptors (Lipinski definition) is 4. The Morgan fingerprint density at radius 2 is 2.00 bits per heavy atom. The van der Waals surface area contributed by atoms with E-state index in [1.165, 1.54) is 0 Å². The molecule has 1 aromatic heterocycles. The van der Waals surface area contributed by atoms with Crippen LogP contribution in [-0.2, 0) is 0 Å². The molecule has 1 heterocycles. The first kappa shape index (κ1) is 18.2. The molecule has 2 aromatic rings. The maximum Gasteiger partial charge on any atom is 0.253 e. The fraction of sp³-hybridized carbons (Fsp3) is 0.474. The summed E-state index contributed by atoms with van der Waals surface area (Å²) in [7, 11) is 5.70. The summed E-state index contributed by atoms with van der Waals surface area (Å²) in [6.07, 6.45) is 0. The molecule has 0 spiro atoms. The number of aromatic nitrogens is 1. The number of amides is 1. The van der Waals surface area contributed by atoms with Gasteiger partial charge in [-0.05, 0) is 44.6 Å². The highest BCUT2D eigenvalue weighted by Gasteiger charge is 2.21. The first-order valence-corrected chi connectivity index (χ1v) is 8.10. The van der Waals surface area contributed by atoms with Crippen LogP contribution in [0, 0.1) is 12.3 Å². The van der Waals surface area contributed by atoms with Crippen LogP contribution in [0.4, 0.5) is 0 Å². The van der Waals surface area contributed by atoms with Gasteiger partial charge in [-0.15, -0.1) is 0 Å². The van der Waals surface area contributed by atoms with Gasteiger partial charge in [0.15, 0.2) is 0 Å². The van der Waals surface area contributed by atoms with E-state index in [0.29, 0.717) is 12.1 Å². The third kappa shape index (κ3) is 4.45. The monoisotopic (exact) mass is 329 g/mol. The molecule has 0 atom stereocenters. The summed E-state index contributed by atoms with van der Waals surface area (Å²) < 4.78 is 5.22. The quantitative estimate of drug-likeness (QED) is 0.885. The molecule has 0 fully saturated rings. The first-order valence-electron chi connectivity index (χ1n) is 8.10. The summed E-state index contributed by atoms with van der Waals surface area (Å²) in [5.74, 6) is 0.682. The van der Waals surface area contributed by atoms with Crippen LogP contribution in [0.15, 0.2) is 24.3 Å². The smallest absolute Gasteiger partial charge is 0.253 e. The Morgan fingerprint density at radius 3 is 2.62 bits per heavy atom. The van der Waals surface area contributed by atoms with Crippen molar-refractivity contribution in [2.24, 2.45) is 5.41 Å². The largest absolute Gasteiger partial charge is 0.497 e. The zero-order valence-electron chi connectivity index (χ0n) is 15.4. The van der Waals surface area contributed by atoms with Crippen LogP contribution in [0.2, 0.25) is 0 Å². The molecule has 0 unspecified atom stereocenters. The van der Waals surface area contributed by atoms with Crippen molar-refractivity contribution in [2.75, 3.05) is 34.3 Å². The normalized spacial score (nSPS) is 11.8. The Hall–Kier alpha value is -2.14. The van der Waals surface area contributed by atoms with Crippen LogP contribution in [0.5, 0.6) is 5.75 Å². The topological polar surface area (TPSA) is 54.5 Å². The summed E-state index contributed by atoms with van der Waals surface area (Å²) in [6, 6.07) is 7.57. The number of carbonyl (C=O) groups excluding carboxylic acids is 1. The summed E-state index contributed by atoms with van der Waals surface area (Å²) in [5.41, 5.74) is 2.17. The van der Waals surface area contributed by atoms with Gasteiger partial charge in [0.1, 0.15) is 5.75 Å². The fourth-order valence-electron chi connectivity index (χ4n) is 2.93. The lowest BCUT2D eigenvalue weighted by Gasteiger charge is -2.28. The van der Waals surface area contributed by atoms with Crippen LogP contribution < -0.4 is 10.1 Å². The number of ether oxygens (including phenoxy) is 1. The predicted octanol–water partition coefficient (Wildman–Crippen LogP) is 2.87. The number of carbonyl (C=O) groups is 1. The maximum atomic E-state index is 12.6. The van der Waals surface area contributed by atoms with E-state index in [1.54, 1.807) is 7.11 Å². The Kier molecular flexibility index (Phi) is 5.44. The van der Waals surface area contributed by atoms with Gasteiger partial charge in [0.2, 0.25) is 0 Å².